The number of aromatic amines is 1. The van der Waals surface area contributed by atoms with Gasteiger partial charge >= 0.3 is 23.9 Å². The first-order valence-corrected chi connectivity index (χ1v) is 26.2. The van der Waals surface area contributed by atoms with E-state index >= 15 is 0 Å². The van der Waals surface area contributed by atoms with Crippen LogP contribution in [0.25, 0.3) is 10.9 Å². The van der Waals surface area contributed by atoms with Gasteiger partial charge in [-0.25, -0.2) is 4.79 Å². The average Bonchev–Trinajstić information content (AvgIpc) is 3.88. The Morgan fingerprint density at radius 3 is 1.52 bits per heavy atom. The van der Waals surface area contributed by atoms with Crippen molar-refractivity contribution in [3.8, 4) is 0 Å². The van der Waals surface area contributed by atoms with Crippen LogP contribution in [0.1, 0.15) is 99.0 Å². The van der Waals surface area contributed by atoms with Gasteiger partial charge < -0.3 is 89.8 Å². The first kappa shape index (κ1) is 69.4. The van der Waals surface area contributed by atoms with Gasteiger partial charge in [0, 0.05) is 29.9 Å². The van der Waals surface area contributed by atoms with E-state index in [1.165, 1.54) is 27.0 Å². The van der Waals surface area contributed by atoms with Crippen LogP contribution in [0, 0.1) is 17.8 Å². The van der Waals surface area contributed by atoms with Crippen molar-refractivity contribution >= 4 is 93.9 Å². The Morgan fingerprint density at radius 1 is 0.537 bits per heavy atom. The maximum Gasteiger partial charge on any atom is 0.326 e. The van der Waals surface area contributed by atoms with E-state index in [2.05, 4.69) is 52.8 Å². The van der Waals surface area contributed by atoms with Gasteiger partial charge in [0.2, 0.25) is 59.1 Å². The van der Waals surface area contributed by atoms with Gasteiger partial charge in [-0.1, -0.05) is 72.6 Å². The summed E-state index contributed by atoms with van der Waals surface area (Å²) in [5, 5.41) is 69.6. The lowest BCUT2D eigenvalue weighted by molar-refractivity contribution is -0.147. The van der Waals surface area contributed by atoms with E-state index in [0.717, 1.165) is 6.92 Å². The lowest BCUT2D eigenvalue weighted by atomic mass is 9.97. The summed E-state index contributed by atoms with van der Waals surface area (Å²) >= 11 is 0. The molecule has 2 rings (SSSR count). The third-order valence-corrected chi connectivity index (χ3v) is 13.2. The molecule has 1 aromatic heterocycles. The number of para-hydroxylation sites is 1. The molecule has 10 amide bonds. The lowest BCUT2D eigenvalue weighted by Crippen LogP contribution is -2.61. The zero-order valence-corrected chi connectivity index (χ0v) is 46.4. The van der Waals surface area contributed by atoms with E-state index in [9.17, 15) is 92.7 Å². The van der Waals surface area contributed by atoms with E-state index in [1.54, 1.807) is 45.0 Å². The molecular weight excluding hydrogens is 1080 g/mol. The van der Waals surface area contributed by atoms with E-state index in [-0.39, 0.29) is 18.8 Å². The number of hydrogen-bond donors (Lipinski definition) is 17. The number of amides is 10. The fourth-order valence-corrected chi connectivity index (χ4v) is 7.93. The molecule has 454 valence electrons. The second kappa shape index (κ2) is 33.1. The molecular formula is C51H76N12O19. The van der Waals surface area contributed by atoms with Crippen molar-refractivity contribution in [1.82, 2.24) is 52.8 Å². The number of aliphatic hydroxyl groups is 1. The van der Waals surface area contributed by atoms with Crippen molar-refractivity contribution in [3.05, 3.63) is 36.0 Å². The largest absolute Gasteiger partial charge is 0.481 e. The van der Waals surface area contributed by atoms with Gasteiger partial charge in [0.05, 0.1) is 38.0 Å². The number of fused-ring (bicyclic) bond motifs is 1. The van der Waals surface area contributed by atoms with Gasteiger partial charge in [0.1, 0.15) is 48.3 Å². The minimum absolute atomic E-state index is 0.220. The number of carboxylic acids is 4. The maximum absolute atomic E-state index is 14.1. The van der Waals surface area contributed by atoms with Crippen LogP contribution in [0.4, 0.5) is 0 Å². The Kier molecular flexibility index (Phi) is 28.0. The van der Waals surface area contributed by atoms with Crippen molar-refractivity contribution in [2.75, 3.05) is 6.54 Å². The molecule has 82 heavy (non-hydrogen) atoms. The predicted octanol–water partition coefficient (Wildman–Crippen LogP) is -4.06. The van der Waals surface area contributed by atoms with Crippen LogP contribution in [0.2, 0.25) is 0 Å². The first-order chi connectivity index (χ1) is 38.3. The van der Waals surface area contributed by atoms with Crippen molar-refractivity contribution in [2.24, 2.45) is 29.2 Å². The summed E-state index contributed by atoms with van der Waals surface area (Å²) in [6.45, 7) is 9.69. The highest BCUT2D eigenvalue weighted by atomic mass is 16.4. The summed E-state index contributed by atoms with van der Waals surface area (Å²) in [6, 6.07) is -8.37. The average molecular weight is 1160 g/mol. The summed E-state index contributed by atoms with van der Waals surface area (Å²) in [7, 11) is 0. The minimum Gasteiger partial charge on any atom is -0.481 e. The summed E-state index contributed by atoms with van der Waals surface area (Å²) in [4.78, 5) is 184. The Balaban J connectivity index is 2.35. The number of nitrogens with one attached hydrogen (secondary N) is 10. The van der Waals surface area contributed by atoms with E-state index in [0.29, 0.717) is 22.9 Å². The number of rotatable bonds is 36. The molecule has 0 unspecified atom stereocenters. The smallest absolute Gasteiger partial charge is 0.326 e. The Labute approximate surface area is 470 Å². The lowest BCUT2D eigenvalue weighted by Gasteiger charge is -2.29. The van der Waals surface area contributed by atoms with E-state index in [4.69, 9.17) is 11.5 Å². The number of aliphatic carboxylic acids is 4. The summed E-state index contributed by atoms with van der Waals surface area (Å²) in [5.41, 5.74) is 12.3. The van der Waals surface area contributed by atoms with E-state index < -0.39 is 194 Å². The van der Waals surface area contributed by atoms with Crippen LogP contribution in [0.3, 0.4) is 0 Å². The molecule has 0 saturated carbocycles. The normalized spacial score (nSPS) is 15.5. The number of H-pyrrole nitrogens is 1. The minimum atomic E-state index is -1.99. The van der Waals surface area contributed by atoms with E-state index in [1.807, 2.05) is 0 Å². The highest BCUT2D eigenvalue weighted by Crippen LogP contribution is 2.20. The van der Waals surface area contributed by atoms with Crippen molar-refractivity contribution in [1.29, 1.82) is 0 Å². The van der Waals surface area contributed by atoms with Crippen LogP contribution >= 0.6 is 0 Å². The predicted molar refractivity (Wildman–Crippen MR) is 287 cm³/mol. The van der Waals surface area contributed by atoms with Crippen molar-refractivity contribution < 1.29 is 92.7 Å². The monoisotopic (exact) mass is 1160 g/mol. The molecule has 0 saturated heterocycles. The number of nitrogens with two attached hydrogens (primary N) is 2. The van der Waals surface area contributed by atoms with Crippen LogP contribution in [0.5, 0.6) is 0 Å². The quantitative estimate of drug-likeness (QED) is 0.0309. The Bertz CT molecular complexity index is 2660. The van der Waals surface area contributed by atoms with Crippen molar-refractivity contribution in [2.45, 2.75) is 160 Å². The molecule has 1 heterocycles. The number of primary amides is 1. The number of carbonyl (C=O) groups is 14. The summed E-state index contributed by atoms with van der Waals surface area (Å²) in [6.07, 6.45) is -3.93. The number of carboxylic acid groups (broad SMARTS) is 4. The second-order valence-electron chi connectivity index (χ2n) is 20.0. The summed E-state index contributed by atoms with van der Waals surface area (Å²) < 4.78 is 0. The van der Waals surface area contributed by atoms with Crippen LogP contribution in [-0.2, 0) is 73.5 Å². The fraction of sp³-hybridized carbons (Fsp3) is 0.569. The van der Waals surface area contributed by atoms with Gasteiger partial charge in [-0.05, 0) is 42.7 Å². The first-order valence-electron chi connectivity index (χ1n) is 26.2. The third kappa shape index (κ3) is 22.4. The summed E-state index contributed by atoms with van der Waals surface area (Å²) in [5.74, 6) is -19.2. The molecule has 19 N–H and O–H groups in total. The number of hydrogen-bond acceptors (Lipinski definition) is 16. The number of aromatic nitrogens is 1. The number of benzene rings is 1. The maximum atomic E-state index is 14.1. The molecule has 0 bridgehead atoms. The van der Waals surface area contributed by atoms with Crippen LogP contribution in [-0.4, -0.2) is 180 Å². The van der Waals surface area contributed by atoms with Crippen LogP contribution in [0.15, 0.2) is 30.5 Å². The van der Waals surface area contributed by atoms with Gasteiger partial charge in [-0.3, -0.25) is 62.3 Å². The molecule has 31 nitrogen and oxygen atoms in total. The zero-order chi connectivity index (χ0) is 62.3. The number of carbonyl (C=O) groups excluding carboxylic acids is 10. The molecule has 2 aromatic rings. The highest BCUT2D eigenvalue weighted by molar-refractivity contribution is 6.00. The Morgan fingerprint density at radius 2 is 1.00 bits per heavy atom. The molecule has 0 aliphatic rings. The molecule has 0 fully saturated rings. The molecule has 0 radical (unpaired) electrons. The van der Waals surface area contributed by atoms with Gasteiger partial charge in [-0.15, -0.1) is 0 Å². The highest BCUT2D eigenvalue weighted by Gasteiger charge is 2.38. The topological polar surface area (TPSA) is 516 Å². The van der Waals surface area contributed by atoms with Crippen molar-refractivity contribution in [3.63, 3.8) is 0 Å². The third-order valence-electron chi connectivity index (χ3n) is 13.2. The zero-order valence-electron chi connectivity index (χ0n) is 46.4. The standard InChI is InChI=1S/C51H76N12O19/c1-8-23(5)39(53)47(77)58-32(18-37(69)70)46(76)63-42(25(7)64)48(78)55-21-35(66)61-41(24(6)9-2)50(80)56-29(14-15-34(52)65)43(73)62-40(22(3)4)49(79)59-31(17-36(67)68)45(75)57-30(44(74)60-33(51(81)82)19-38(71)72)16-26-20-54-28-13-11-10-12-27(26)28/h10-13,20,22-25,29-33,39-42,54,64H,8-9,14-19,21,53H2,1-7H3,(H2,52,65)(H,55,78)(H,56,80)(H,57,75)(H,58,77)(H,59,79)(H,60,74)(H,61,66)(H,62,73)(H,63,76)(H,67,68)(H,69,70)(H,71,72)(H,81,82)/t23-,24-,25+,29-,30-,31-,32-,33-,39-,40-,41-,42-/m0/s1. The van der Waals surface area contributed by atoms with Gasteiger partial charge in [0.25, 0.3) is 0 Å². The molecule has 0 aliphatic heterocycles. The fourth-order valence-electron chi connectivity index (χ4n) is 7.93. The number of aliphatic hydroxyl groups excluding tert-OH is 1. The second-order valence-corrected chi connectivity index (χ2v) is 20.0. The molecule has 31 heteroatoms. The van der Waals surface area contributed by atoms with Crippen LogP contribution < -0.4 is 59.3 Å². The molecule has 1 aromatic carbocycles. The molecule has 12 atom stereocenters. The van der Waals surface area contributed by atoms with Gasteiger partial charge in [0.15, 0.2) is 0 Å². The molecule has 0 spiro atoms. The van der Waals surface area contributed by atoms with Gasteiger partial charge in [-0.2, -0.15) is 0 Å². The SMILES string of the molecule is CC[C@H](C)[C@H](N)C(=O)N[C@@H](CC(=O)O)C(=O)N[C@H](C(=O)NCC(=O)N[C@H](C(=O)N[C@@H](CCC(N)=O)C(=O)N[C@H](C(=O)N[C@@H](CC(=O)O)C(=O)N[C@@H](Cc1c[nH]c2ccccc12)C(=O)N[C@@H](CC(=O)O)C(=O)O)C(C)C)[C@@H](C)CC)[C@@H](C)O. The molecule has 0 aliphatic carbocycles. The Hall–Kier alpha value is -8.74.